The van der Waals surface area contributed by atoms with Gasteiger partial charge in [-0.05, 0) is 46.1 Å². The van der Waals surface area contributed by atoms with E-state index in [1.54, 1.807) is 0 Å². The van der Waals surface area contributed by atoms with Crippen molar-refractivity contribution < 1.29 is 0 Å². The van der Waals surface area contributed by atoms with E-state index in [-0.39, 0.29) is 0 Å². The van der Waals surface area contributed by atoms with Gasteiger partial charge in [-0.1, -0.05) is 48.5 Å². The van der Waals surface area contributed by atoms with Crippen LogP contribution in [-0.4, -0.2) is 4.57 Å². The van der Waals surface area contributed by atoms with Gasteiger partial charge in [0.1, 0.15) is 0 Å². The Labute approximate surface area is 121 Å². The Hall–Kier alpha value is -1.80. The van der Waals surface area contributed by atoms with Gasteiger partial charge in [0.25, 0.3) is 0 Å². The fourth-order valence-electron chi connectivity index (χ4n) is 2.28. The lowest BCUT2D eigenvalue weighted by atomic mass is 10.2. The standard InChI is InChI=1S/C17H14BrN/c1-13-12-19(16-10-6-5-9-15(13)16)17(18)11-14-7-3-2-4-8-14/h2-12H,1H3/b17-11-. The molecule has 1 nitrogen and oxygen atoms in total. The maximum atomic E-state index is 3.68. The average molecular weight is 312 g/mol. The molecule has 0 aliphatic rings. The number of nitrogens with zero attached hydrogens (tertiary/aromatic N) is 1. The van der Waals surface area contributed by atoms with Gasteiger partial charge in [0.2, 0.25) is 0 Å². The monoisotopic (exact) mass is 311 g/mol. The molecule has 1 aromatic heterocycles. The molecular weight excluding hydrogens is 298 g/mol. The molecule has 0 saturated heterocycles. The Balaban J connectivity index is 2.12. The molecule has 0 aliphatic heterocycles. The first kappa shape index (κ1) is 12.2. The zero-order valence-electron chi connectivity index (χ0n) is 10.7. The smallest absolute Gasteiger partial charge is 0.0897 e. The summed E-state index contributed by atoms with van der Waals surface area (Å²) in [5, 5.41) is 1.29. The maximum Gasteiger partial charge on any atom is 0.0897 e. The molecule has 0 atom stereocenters. The summed E-state index contributed by atoms with van der Waals surface area (Å²) in [6, 6.07) is 18.8. The zero-order chi connectivity index (χ0) is 13.2. The van der Waals surface area contributed by atoms with E-state index in [1.165, 1.54) is 22.0 Å². The van der Waals surface area contributed by atoms with E-state index in [4.69, 9.17) is 0 Å². The summed E-state index contributed by atoms with van der Waals surface area (Å²) in [5.41, 5.74) is 3.69. The first-order chi connectivity index (χ1) is 9.25. The van der Waals surface area contributed by atoms with Crippen LogP contribution in [-0.2, 0) is 0 Å². The first-order valence-corrected chi connectivity index (χ1v) is 7.04. The van der Waals surface area contributed by atoms with E-state index in [0.29, 0.717) is 0 Å². The third kappa shape index (κ3) is 2.36. The molecule has 94 valence electrons. The summed E-state index contributed by atoms with van der Waals surface area (Å²) >= 11 is 3.68. The lowest BCUT2D eigenvalue weighted by Crippen LogP contribution is -1.88. The van der Waals surface area contributed by atoms with Gasteiger partial charge in [-0.15, -0.1) is 0 Å². The van der Waals surface area contributed by atoms with Gasteiger partial charge >= 0.3 is 0 Å². The number of halogens is 1. The van der Waals surface area contributed by atoms with Gasteiger partial charge in [-0.3, -0.25) is 0 Å². The number of aromatic nitrogens is 1. The summed E-state index contributed by atoms with van der Waals surface area (Å²) in [6.45, 7) is 2.14. The van der Waals surface area contributed by atoms with Crippen LogP contribution in [0.2, 0.25) is 0 Å². The van der Waals surface area contributed by atoms with Gasteiger partial charge in [0.05, 0.1) is 10.1 Å². The van der Waals surface area contributed by atoms with Gasteiger partial charge in [0.15, 0.2) is 0 Å². The van der Waals surface area contributed by atoms with Crippen molar-refractivity contribution in [2.75, 3.05) is 0 Å². The lowest BCUT2D eigenvalue weighted by molar-refractivity contribution is 1.21. The number of rotatable bonds is 2. The van der Waals surface area contributed by atoms with Crippen LogP contribution >= 0.6 is 15.9 Å². The average Bonchev–Trinajstić information content (AvgIpc) is 2.78. The van der Waals surface area contributed by atoms with Gasteiger partial charge in [-0.2, -0.15) is 0 Å². The van der Waals surface area contributed by atoms with E-state index >= 15 is 0 Å². The molecule has 0 saturated carbocycles. The molecule has 0 bridgehead atoms. The van der Waals surface area contributed by atoms with Crippen molar-refractivity contribution in [1.29, 1.82) is 0 Å². The minimum absolute atomic E-state index is 1.04. The molecule has 3 rings (SSSR count). The minimum Gasteiger partial charge on any atom is -0.310 e. The number of benzene rings is 2. The summed E-state index contributed by atoms with van der Waals surface area (Å²) in [7, 11) is 0. The molecule has 0 aliphatic carbocycles. The first-order valence-electron chi connectivity index (χ1n) is 6.25. The molecular formula is C17H14BrN. The second-order valence-electron chi connectivity index (χ2n) is 4.58. The zero-order valence-corrected chi connectivity index (χ0v) is 12.3. The third-order valence-corrected chi connectivity index (χ3v) is 3.84. The van der Waals surface area contributed by atoms with Crippen molar-refractivity contribution in [3.05, 3.63) is 71.9 Å². The van der Waals surface area contributed by atoms with Crippen LogP contribution in [0, 0.1) is 6.92 Å². The van der Waals surface area contributed by atoms with Crippen molar-refractivity contribution in [3.63, 3.8) is 0 Å². The second-order valence-corrected chi connectivity index (χ2v) is 5.39. The number of hydrogen-bond donors (Lipinski definition) is 0. The quantitative estimate of drug-likeness (QED) is 0.605. The summed E-state index contributed by atoms with van der Waals surface area (Å²) in [5.74, 6) is 0. The van der Waals surface area contributed by atoms with Gasteiger partial charge < -0.3 is 4.57 Å². The highest BCUT2D eigenvalue weighted by atomic mass is 79.9. The fourth-order valence-corrected chi connectivity index (χ4v) is 2.84. The number of fused-ring (bicyclic) bond motifs is 1. The van der Waals surface area contributed by atoms with Crippen LogP contribution in [0.15, 0.2) is 60.8 Å². The number of aryl methyl sites for hydroxylation is 1. The number of para-hydroxylation sites is 1. The van der Waals surface area contributed by atoms with E-state index < -0.39 is 0 Å². The van der Waals surface area contributed by atoms with Crippen molar-refractivity contribution >= 4 is 37.5 Å². The Morgan fingerprint density at radius 3 is 2.47 bits per heavy atom. The SMILES string of the molecule is Cc1cn(/C(Br)=C\c2ccccc2)c2ccccc12. The molecule has 3 aromatic rings. The van der Waals surface area contributed by atoms with Crippen LogP contribution in [0.25, 0.3) is 21.6 Å². The Kier molecular flexibility index (Phi) is 3.26. The minimum atomic E-state index is 1.04. The molecule has 0 radical (unpaired) electrons. The number of hydrogen-bond acceptors (Lipinski definition) is 0. The van der Waals surface area contributed by atoms with Crippen LogP contribution < -0.4 is 0 Å². The van der Waals surface area contributed by atoms with Crippen LogP contribution in [0.4, 0.5) is 0 Å². The van der Waals surface area contributed by atoms with E-state index in [1.807, 2.05) is 18.2 Å². The molecule has 1 heterocycles. The maximum absolute atomic E-state index is 3.68. The predicted octanol–water partition coefficient (Wildman–Crippen LogP) is 5.30. The Morgan fingerprint density at radius 1 is 1.00 bits per heavy atom. The molecule has 2 heteroatoms. The highest BCUT2D eigenvalue weighted by Crippen LogP contribution is 2.27. The Bertz CT molecular complexity index is 738. The molecule has 0 fully saturated rings. The topological polar surface area (TPSA) is 4.93 Å². The summed E-state index contributed by atoms with van der Waals surface area (Å²) in [4.78, 5) is 0. The fraction of sp³-hybridized carbons (Fsp3) is 0.0588. The van der Waals surface area contributed by atoms with Crippen molar-refractivity contribution in [3.8, 4) is 0 Å². The normalized spacial score (nSPS) is 12.0. The van der Waals surface area contributed by atoms with E-state index in [0.717, 1.165) is 4.61 Å². The predicted molar refractivity (Wildman–Crippen MR) is 86.2 cm³/mol. The highest BCUT2D eigenvalue weighted by molar-refractivity contribution is 9.15. The molecule has 0 unspecified atom stereocenters. The third-order valence-electron chi connectivity index (χ3n) is 3.23. The highest BCUT2D eigenvalue weighted by Gasteiger charge is 2.06. The molecule has 0 amide bonds. The van der Waals surface area contributed by atoms with Crippen LogP contribution in [0.3, 0.4) is 0 Å². The van der Waals surface area contributed by atoms with E-state index in [9.17, 15) is 0 Å². The van der Waals surface area contributed by atoms with Crippen LogP contribution in [0.1, 0.15) is 11.1 Å². The summed E-state index contributed by atoms with van der Waals surface area (Å²) in [6.07, 6.45) is 4.29. The van der Waals surface area contributed by atoms with Crippen molar-refractivity contribution in [2.24, 2.45) is 0 Å². The van der Waals surface area contributed by atoms with E-state index in [2.05, 4.69) is 76.1 Å². The van der Waals surface area contributed by atoms with Crippen molar-refractivity contribution in [1.82, 2.24) is 4.57 Å². The van der Waals surface area contributed by atoms with Gasteiger partial charge in [-0.25, -0.2) is 0 Å². The molecule has 0 spiro atoms. The Morgan fingerprint density at radius 2 is 1.68 bits per heavy atom. The molecule has 0 N–H and O–H groups in total. The summed E-state index contributed by atoms with van der Waals surface area (Å²) < 4.78 is 3.22. The lowest BCUT2D eigenvalue weighted by Gasteiger charge is -2.04. The largest absolute Gasteiger partial charge is 0.310 e. The molecule has 19 heavy (non-hydrogen) atoms. The van der Waals surface area contributed by atoms with Crippen molar-refractivity contribution in [2.45, 2.75) is 6.92 Å². The molecule has 2 aromatic carbocycles. The second kappa shape index (κ2) is 5.06. The van der Waals surface area contributed by atoms with Gasteiger partial charge in [0, 0.05) is 11.6 Å². The van der Waals surface area contributed by atoms with Crippen LogP contribution in [0.5, 0.6) is 0 Å².